The van der Waals surface area contributed by atoms with Gasteiger partial charge in [-0.15, -0.1) is 0 Å². The SMILES string of the molecule is C/C=C(/C(=O)N(C(=O)/C(=C/C)c1ccc(CC)cc1)C1(C(=O)OCC)CCCC1)c1ccc(CC)cc1. The number of amides is 2. The molecule has 0 saturated heterocycles. The van der Waals surface area contributed by atoms with E-state index in [1.807, 2.05) is 48.5 Å². The highest BCUT2D eigenvalue weighted by Gasteiger charge is 2.53. The van der Waals surface area contributed by atoms with Crippen LogP contribution in [0.5, 0.6) is 0 Å². The van der Waals surface area contributed by atoms with Gasteiger partial charge in [0, 0.05) is 11.1 Å². The van der Waals surface area contributed by atoms with Crippen molar-refractivity contribution in [1.29, 1.82) is 0 Å². The summed E-state index contributed by atoms with van der Waals surface area (Å²) in [7, 11) is 0. The average molecular weight is 502 g/mol. The molecule has 5 nitrogen and oxygen atoms in total. The van der Waals surface area contributed by atoms with Gasteiger partial charge in [0.05, 0.1) is 6.61 Å². The Labute approximate surface area is 221 Å². The Balaban J connectivity index is 2.15. The van der Waals surface area contributed by atoms with Gasteiger partial charge in [-0.05, 0) is 68.7 Å². The number of nitrogens with zero attached hydrogens (tertiary/aromatic N) is 1. The zero-order valence-electron chi connectivity index (χ0n) is 22.8. The first-order valence-electron chi connectivity index (χ1n) is 13.4. The van der Waals surface area contributed by atoms with E-state index in [1.165, 1.54) is 4.90 Å². The zero-order valence-corrected chi connectivity index (χ0v) is 22.8. The molecule has 2 amide bonds. The van der Waals surface area contributed by atoms with Crippen molar-refractivity contribution in [2.24, 2.45) is 0 Å². The smallest absolute Gasteiger partial charge is 0.332 e. The molecule has 1 aliphatic carbocycles. The number of hydrogen-bond acceptors (Lipinski definition) is 4. The molecule has 2 aromatic rings. The fraction of sp³-hybridized carbons (Fsp3) is 0.406. The number of rotatable bonds is 9. The van der Waals surface area contributed by atoms with Gasteiger partial charge in [0.25, 0.3) is 11.8 Å². The summed E-state index contributed by atoms with van der Waals surface area (Å²) in [5.41, 5.74) is 3.20. The normalized spacial score (nSPS) is 15.4. The monoisotopic (exact) mass is 501 g/mol. The quantitative estimate of drug-likeness (QED) is 0.289. The number of imide groups is 1. The number of aryl methyl sites for hydroxylation is 2. The van der Waals surface area contributed by atoms with E-state index in [1.54, 1.807) is 32.9 Å². The second kappa shape index (κ2) is 12.7. The first-order chi connectivity index (χ1) is 17.9. The Hall–Kier alpha value is -3.47. The molecule has 1 saturated carbocycles. The lowest BCUT2D eigenvalue weighted by atomic mass is 9.90. The van der Waals surface area contributed by atoms with Crippen LogP contribution in [0.2, 0.25) is 0 Å². The molecule has 0 bridgehead atoms. The molecule has 3 rings (SSSR count). The lowest BCUT2D eigenvalue weighted by Gasteiger charge is -2.38. The van der Waals surface area contributed by atoms with Crippen molar-refractivity contribution in [1.82, 2.24) is 4.90 Å². The molecular formula is C32H39NO4. The molecule has 0 aliphatic heterocycles. The summed E-state index contributed by atoms with van der Waals surface area (Å²) in [4.78, 5) is 43.3. The van der Waals surface area contributed by atoms with Gasteiger partial charge in [-0.3, -0.25) is 14.5 Å². The van der Waals surface area contributed by atoms with Crippen LogP contribution in [0.15, 0.2) is 60.7 Å². The fourth-order valence-electron chi connectivity index (χ4n) is 5.13. The van der Waals surface area contributed by atoms with E-state index in [2.05, 4.69) is 13.8 Å². The molecule has 0 unspecified atom stereocenters. The van der Waals surface area contributed by atoms with Gasteiger partial charge in [-0.2, -0.15) is 0 Å². The topological polar surface area (TPSA) is 63.7 Å². The summed E-state index contributed by atoms with van der Waals surface area (Å²) < 4.78 is 5.49. The van der Waals surface area contributed by atoms with Gasteiger partial charge in [0.15, 0.2) is 0 Å². The maximum Gasteiger partial charge on any atom is 0.332 e. The summed E-state index contributed by atoms with van der Waals surface area (Å²) in [6.45, 7) is 9.65. The lowest BCUT2D eigenvalue weighted by molar-refractivity contribution is -0.166. The van der Waals surface area contributed by atoms with E-state index in [0.717, 1.165) is 36.8 Å². The Bertz CT molecular complexity index is 1090. The molecule has 0 heterocycles. The second-order valence-electron chi connectivity index (χ2n) is 9.41. The first kappa shape index (κ1) is 28.1. The van der Waals surface area contributed by atoms with Gasteiger partial charge in [-0.25, -0.2) is 4.79 Å². The molecule has 0 radical (unpaired) electrons. The van der Waals surface area contributed by atoms with Crippen LogP contribution in [0.25, 0.3) is 11.1 Å². The van der Waals surface area contributed by atoms with Crippen molar-refractivity contribution in [2.45, 2.75) is 78.7 Å². The predicted molar refractivity (Wildman–Crippen MR) is 149 cm³/mol. The summed E-state index contributed by atoms with van der Waals surface area (Å²) in [6, 6.07) is 15.6. The average Bonchev–Trinajstić information content (AvgIpc) is 3.41. The number of esters is 1. The van der Waals surface area contributed by atoms with Gasteiger partial charge in [0.1, 0.15) is 5.54 Å². The third-order valence-corrected chi connectivity index (χ3v) is 7.30. The van der Waals surface area contributed by atoms with Crippen LogP contribution in [0, 0.1) is 0 Å². The maximum atomic E-state index is 14.3. The van der Waals surface area contributed by atoms with Crippen molar-refractivity contribution >= 4 is 28.9 Å². The Morgan fingerprint density at radius 1 is 0.757 bits per heavy atom. The number of hydrogen-bond donors (Lipinski definition) is 0. The van der Waals surface area contributed by atoms with Crippen molar-refractivity contribution in [3.05, 3.63) is 82.9 Å². The zero-order chi connectivity index (χ0) is 27.0. The fourth-order valence-corrected chi connectivity index (χ4v) is 5.13. The summed E-state index contributed by atoms with van der Waals surface area (Å²) in [5, 5.41) is 0. The molecular weight excluding hydrogens is 462 g/mol. The summed E-state index contributed by atoms with van der Waals surface area (Å²) >= 11 is 0. The molecule has 37 heavy (non-hydrogen) atoms. The van der Waals surface area contributed by atoms with Gasteiger partial charge >= 0.3 is 5.97 Å². The Morgan fingerprint density at radius 2 is 1.16 bits per heavy atom. The molecule has 1 aliphatic rings. The number of ether oxygens (including phenoxy) is 1. The standard InChI is InChI=1S/C32H39NO4/c1-6-23-13-17-25(18-14-23)27(8-3)29(34)33(32(21-11-12-22-32)31(36)37-10-5)30(35)28(9-4)26-19-15-24(7-2)16-20-26/h8-9,13-20H,6-7,10-12,21-22H2,1-5H3/b27-8+,28-9+. The van der Waals surface area contributed by atoms with Crippen molar-refractivity contribution in [3.63, 3.8) is 0 Å². The van der Waals surface area contributed by atoms with Gasteiger partial charge in [-0.1, -0.05) is 87.4 Å². The highest BCUT2D eigenvalue weighted by atomic mass is 16.5. The van der Waals surface area contributed by atoms with Crippen LogP contribution in [-0.2, 0) is 32.0 Å². The summed E-state index contributed by atoms with van der Waals surface area (Å²) in [6.07, 6.45) is 7.48. The van der Waals surface area contributed by atoms with Crippen molar-refractivity contribution in [3.8, 4) is 0 Å². The highest BCUT2D eigenvalue weighted by Crippen LogP contribution is 2.40. The van der Waals surface area contributed by atoms with E-state index < -0.39 is 23.3 Å². The highest BCUT2D eigenvalue weighted by molar-refractivity contribution is 6.32. The minimum absolute atomic E-state index is 0.181. The van der Waals surface area contributed by atoms with E-state index >= 15 is 0 Å². The number of allylic oxidation sites excluding steroid dienone is 2. The number of carbonyl (C=O) groups is 3. The van der Waals surface area contributed by atoms with Crippen LogP contribution in [0.3, 0.4) is 0 Å². The van der Waals surface area contributed by atoms with E-state index in [0.29, 0.717) is 35.1 Å². The molecule has 1 fully saturated rings. The molecule has 5 heteroatoms. The molecule has 0 N–H and O–H groups in total. The van der Waals surface area contributed by atoms with E-state index in [9.17, 15) is 14.4 Å². The lowest BCUT2D eigenvalue weighted by Crippen LogP contribution is -2.59. The minimum Gasteiger partial charge on any atom is -0.464 e. The second-order valence-corrected chi connectivity index (χ2v) is 9.41. The number of carbonyl (C=O) groups excluding carboxylic acids is 3. The van der Waals surface area contributed by atoms with Crippen LogP contribution >= 0.6 is 0 Å². The molecule has 0 spiro atoms. The maximum absolute atomic E-state index is 14.3. The first-order valence-corrected chi connectivity index (χ1v) is 13.4. The van der Waals surface area contributed by atoms with E-state index in [4.69, 9.17) is 4.74 Å². The summed E-state index contributed by atoms with van der Waals surface area (Å²) in [5.74, 6) is -1.46. The van der Waals surface area contributed by atoms with Crippen molar-refractivity contribution < 1.29 is 19.1 Å². The third-order valence-electron chi connectivity index (χ3n) is 7.30. The number of benzene rings is 2. The van der Waals surface area contributed by atoms with Crippen molar-refractivity contribution in [2.75, 3.05) is 6.61 Å². The van der Waals surface area contributed by atoms with Crippen LogP contribution in [-0.4, -0.2) is 34.8 Å². The van der Waals surface area contributed by atoms with E-state index in [-0.39, 0.29) is 6.61 Å². The Morgan fingerprint density at radius 3 is 1.49 bits per heavy atom. The third kappa shape index (κ3) is 5.76. The Kier molecular flexibility index (Phi) is 9.62. The molecule has 196 valence electrons. The minimum atomic E-state index is -1.33. The van der Waals surface area contributed by atoms with Gasteiger partial charge in [0.2, 0.25) is 0 Å². The van der Waals surface area contributed by atoms with Crippen LogP contribution in [0.1, 0.15) is 82.6 Å². The largest absolute Gasteiger partial charge is 0.464 e. The molecule has 0 atom stereocenters. The van der Waals surface area contributed by atoms with Crippen LogP contribution < -0.4 is 0 Å². The molecule has 2 aromatic carbocycles. The van der Waals surface area contributed by atoms with Crippen LogP contribution in [0.4, 0.5) is 0 Å². The molecule has 0 aromatic heterocycles. The predicted octanol–water partition coefficient (Wildman–Crippen LogP) is 6.55. The van der Waals surface area contributed by atoms with Gasteiger partial charge < -0.3 is 4.74 Å².